The van der Waals surface area contributed by atoms with Gasteiger partial charge in [-0.3, -0.25) is 4.79 Å². The van der Waals surface area contributed by atoms with Gasteiger partial charge in [-0.05, 0) is 56.7 Å². The molecule has 144 valence electrons. The van der Waals surface area contributed by atoms with Gasteiger partial charge in [0.05, 0.1) is 5.54 Å². The molecule has 0 atom stereocenters. The zero-order chi connectivity index (χ0) is 20.1. The van der Waals surface area contributed by atoms with Crippen molar-refractivity contribution in [2.75, 3.05) is 5.32 Å². The fourth-order valence-corrected chi connectivity index (χ4v) is 3.49. The molecule has 1 aromatic heterocycles. The van der Waals surface area contributed by atoms with Crippen molar-refractivity contribution in [1.82, 2.24) is 14.9 Å². The first-order chi connectivity index (χ1) is 13.2. The SMILES string of the molecule is Cc1cc(Nc2c(-c3cccc(F)c3)nc3n2CC(=O)NC3(C)C)ccc1F. The topological polar surface area (TPSA) is 59.0 Å². The molecule has 0 unspecified atom stereocenters. The van der Waals surface area contributed by atoms with Crippen LogP contribution in [0.3, 0.4) is 0 Å². The van der Waals surface area contributed by atoms with E-state index in [9.17, 15) is 13.6 Å². The summed E-state index contributed by atoms with van der Waals surface area (Å²) in [6, 6.07) is 10.8. The van der Waals surface area contributed by atoms with Crippen LogP contribution in [0.5, 0.6) is 0 Å². The summed E-state index contributed by atoms with van der Waals surface area (Å²) < 4.78 is 29.3. The van der Waals surface area contributed by atoms with E-state index in [1.165, 1.54) is 18.2 Å². The number of carbonyl (C=O) groups is 1. The zero-order valence-corrected chi connectivity index (χ0v) is 15.8. The average Bonchev–Trinajstić information content (AvgIpc) is 2.97. The van der Waals surface area contributed by atoms with E-state index in [4.69, 9.17) is 4.98 Å². The van der Waals surface area contributed by atoms with E-state index >= 15 is 0 Å². The molecule has 2 aromatic carbocycles. The van der Waals surface area contributed by atoms with Crippen LogP contribution >= 0.6 is 0 Å². The fourth-order valence-electron chi connectivity index (χ4n) is 3.49. The molecule has 2 N–H and O–H groups in total. The van der Waals surface area contributed by atoms with Gasteiger partial charge < -0.3 is 15.2 Å². The summed E-state index contributed by atoms with van der Waals surface area (Å²) in [6.45, 7) is 5.49. The number of fused-ring (bicyclic) bond motifs is 1. The third-order valence-corrected chi connectivity index (χ3v) is 4.80. The zero-order valence-electron chi connectivity index (χ0n) is 15.8. The Kier molecular flexibility index (Phi) is 4.18. The van der Waals surface area contributed by atoms with Gasteiger partial charge in [0.2, 0.25) is 5.91 Å². The number of imidazole rings is 1. The molecule has 7 heteroatoms. The standard InChI is InChI=1S/C21H20F2N4O/c1-12-9-15(7-8-16(12)23)24-19-18(13-5-4-6-14(22)10-13)25-20-21(2,3)26-17(28)11-27(19)20/h4-10,24H,11H2,1-3H3,(H,26,28). The number of hydrogen-bond acceptors (Lipinski definition) is 3. The van der Waals surface area contributed by atoms with Crippen LogP contribution in [0.2, 0.25) is 0 Å². The van der Waals surface area contributed by atoms with Crippen LogP contribution in [-0.2, 0) is 16.9 Å². The van der Waals surface area contributed by atoms with Crippen LogP contribution in [0.1, 0.15) is 25.2 Å². The van der Waals surface area contributed by atoms with Gasteiger partial charge in [-0.2, -0.15) is 0 Å². The molecular weight excluding hydrogens is 362 g/mol. The first kappa shape index (κ1) is 18.2. The lowest BCUT2D eigenvalue weighted by Gasteiger charge is -2.31. The third kappa shape index (κ3) is 3.13. The van der Waals surface area contributed by atoms with Crippen molar-refractivity contribution in [3.63, 3.8) is 0 Å². The van der Waals surface area contributed by atoms with Crippen molar-refractivity contribution in [3.05, 3.63) is 65.5 Å². The van der Waals surface area contributed by atoms with Gasteiger partial charge in [-0.15, -0.1) is 0 Å². The molecule has 4 rings (SSSR count). The van der Waals surface area contributed by atoms with Crippen LogP contribution in [0.4, 0.5) is 20.3 Å². The Morgan fingerprint density at radius 3 is 2.68 bits per heavy atom. The predicted molar refractivity (Wildman–Crippen MR) is 103 cm³/mol. The number of carbonyl (C=O) groups excluding carboxylic acids is 1. The maximum absolute atomic E-state index is 13.8. The normalized spacial score (nSPS) is 15.1. The predicted octanol–water partition coefficient (Wildman–Crippen LogP) is 4.25. The molecular formula is C21H20F2N4O. The second kappa shape index (κ2) is 6.44. The summed E-state index contributed by atoms with van der Waals surface area (Å²) in [5.41, 5.74) is 1.58. The van der Waals surface area contributed by atoms with Crippen molar-refractivity contribution in [2.45, 2.75) is 32.9 Å². The Balaban J connectivity index is 1.90. The van der Waals surface area contributed by atoms with Gasteiger partial charge in [0.25, 0.3) is 0 Å². The van der Waals surface area contributed by atoms with Gasteiger partial charge in [0, 0.05) is 11.3 Å². The molecule has 0 saturated carbocycles. The Morgan fingerprint density at radius 2 is 1.96 bits per heavy atom. The molecule has 0 saturated heterocycles. The third-order valence-electron chi connectivity index (χ3n) is 4.80. The number of anilines is 2. The molecule has 0 radical (unpaired) electrons. The highest BCUT2D eigenvalue weighted by Gasteiger charge is 2.36. The maximum atomic E-state index is 13.8. The lowest BCUT2D eigenvalue weighted by atomic mass is 10.0. The Morgan fingerprint density at radius 1 is 1.18 bits per heavy atom. The van der Waals surface area contributed by atoms with Crippen LogP contribution in [-0.4, -0.2) is 15.5 Å². The average molecular weight is 382 g/mol. The number of halogens is 2. The number of aromatic nitrogens is 2. The van der Waals surface area contributed by atoms with Crippen molar-refractivity contribution in [1.29, 1.82) is 0 Å². The van der Waals surface area contributed by atoms with Gasteiger partial charge in [-0.25, -0.2) is 13.8 Å². The summed E-state index contributed by atoms with van der Waals surface area (Å²) in [4.78, 5) is 17.0. The van der Waals surface area contributed by atoms with Gasteiger partial charge in [0.1, 0.15) is 35.5 Å². The summed E-state index contributed by atoms with van der Waals surface area (Å²) in [7, 11) is 0. The van der Waals surface area contributed by atoms with Crippen LogP contribution in [0.25, 0.3) is 11.3 Å². The molecule has 2 heterocycles. The molecule has 1 aliphatic rings. The number of benzene rings is 2. The first-order valence-corrected chi connectivity index (χ1v) is 8.96. The molecule has 3 aromatic rings. The summed E-state index contributed by atoms with van der Waals surface area (Å²) in [5.74, 6) is 0.411. The number of nitrogens with zero attached hydrogens (tertiary/aromatic N) is 2. The highest BCUT2D eigenvalue weighted by molar-refractivity contribution is 5.83. The molecule has 1 amide bonds. The van der Waals surface area contributed by atoms with E-state index in [1.54, 1.807) is 35.8 Å². The molecule has 28 heavy (non-hydrogen) atoms. The van der Waals surface area contributed by atoms with Crippen molar-refractivity contribution in [2.24, 2.45) is 0 Å². The molecule has 0 bridgehead atoms. The quantitative estimate of drug-likeness (QED) is 0.712. The van der Waals surface area contributed by atoms with Crippen molar-refractivity contribution in [3.8, 4) is 11.3 Å². The van der Waals surface area contributed by atoms with E-state index in [-0.39, 0.29) is 24.1 Å². The molecule has 1 aliphatic heterocycles. The number of nitrogens with one attached hydrogen (secondary N) is 2. The minimum Gasteiger partial charge on any atom is -0.342 e. The van der Waals surface area contributed by atoms with E-state index in [0.29, 0.717) is 34.2 Å². The minimum absolute atomic E-state index is 0.0869. The second-order valence-electron chi connectivity index (χ2n) is 7.49. The molecule has 0 fully saturated rings. The van der Waals surface area contributed by atoms with Gasteiger partial charge in [0.15, 0.2) is 0 Å². The van der Waals surface area contributed by atoms with Crippen molar-refractivity contribution < 1.29 is 13.6 Å². The fraction of sp³-hybridized carbons (Fsp3) is 0.238. The minimum atomic E-state index is -0.684. The lowest BCUT2D eigenvalue weighted by molar-refractivity contribution is -0.124. The highest BCUT2D eigenvalue weighted by Crippen LogP contribution is 2.36. The maximum Gasteiger partial charge on any atom is 0.240 e. The van der Waals surface area contributed by atoms with E-state index < -0.39 is 5.54 Å². The molecule has 5 nitrogen and oxygen atoms in total. The number of hydrogen-bond donors (Lipinski definition) is 2. The molecule has 0 aliphatic carbocycles. The molecule has 0 spiro atoms. The van der Waals surface area contributed by atoms with Crippen LogP contribution in [0, 0.1) is 18.6 Å². The van der Waals surface area contributed by atoms with Crippen LogP contribution < -0.4 is 10.6 Å². The van der Waals surface area contributed by atoms with E-state index in [1.807, 2.05) is 13.8 Å². The largest absolute Gasteiger partial charge is 0.342 e. The monoisotopic (exact) mass is 382 g/mol. The Hall–Kier alpha value is -3.22. The lowest BCUT2D eigenvalue weighted by Crippen LogP contribution is -2.49. The highest BCUT2D eigenvalue weighted by atomic mass is 19.1. The second-order valence-corrected chi connectivity index (χ2v) is 7.49. The first-order valence-electron chi connectivity index (χ1n) is 8.96. The van der Waals surface area contributed by atoms with Crippen LogP contribution in [0.15, 0.2) is 42.5 Å². The van der Waals surface area contributed by atoms with E-state index in [0.717, 1.165) is 0 Å². The van der Waals surface area contributed by atoms with Gasteiger partial charge in [-0.1, -0.05) is 12.1 Å². The Labute approximate surface area is 161 Å². The van der Waals surface area contributed by atoms with E-state index in [2.05, 4.69) is 10.6 Å². The summed E-state index contributed by atoms with van der Waals surface area (Å²) in [5, 5.41) is 6.18. The van der Waals surface area contributed by atoms with Crippen molar-refractivity contribution >= 4 is 17.4 Å². The smallest absolute Gasteiger partial charge is 0.240 e. The summed E-state index contributed by atoms with van der Waals surface area (Å²) in [6.07, 6.45) is 0. The number of amides is 1. The number of rotatable bonds is 3. The Bertz CT molecular complexity index is 1090. The number of aryl methyl sites for hydroxylation is 1. The summed E-state index contributed by atoms with van der Waals surface area (Å²) >= 11 is 0. The van der Waals surface area contributed by atoms with Gasteiger partial charge >= 0.3 is 0 Å².